The van der Waals surface area contributed by atoms with Crippen LogP contribution in [0.25, 0.3) is 0 Å². The van der Waals surface area contributed by atoms with Gasteiger partial charge in [0.15, 0.2) is 0 Å². The van der Waals surface area contributed by atoms with Crippen molar-refractivity contribution in [2.75, 3.05) is 0 Å². The first-order chi connectivity index (χ1) is 7.24. The van der Waals surface area contributed by atoms with Gasteiger partial charge in [0.1, 0.15) is 5.01 Å². The Labute approximate surface area is 94.6 Å². The predicted octanol–water partition coefficient (Wildman–Crippen LogP) is 3.56. The number of rotatable bonds is 3. The maximum Gasteiger partial charge on any atom is 0.115 e. The Morgan fingerprint density at radius 1 is 1.33 bits per heavy atom. The van der Waals surface area contributed by atoms with Gasteiger partial charge in [-0.15, -0.1) is 11.3 Å². The van der Waals surface area contributed by atoms with E-state index in [-0.39, 0.29) is 0 Å². The minimum atomic E-state index is 0.403. The van der Waals surface area contributed by atoms with Gasteiger partial charge in [0.25, 0.3) is 0 Å². The zero-order chi connectivity index (χ0) is 10.8. The highest BCUT2D eigenvalue weighted by molar-refractivity contribution is 7.09. The van der Waals surface area contributed by atoms with Crippen LogP contribution in [0, 0.1) is 13.8 Å². The van der Waals surface area contributed by atoms with Gasteiger partial charge in [0.05, 0.1) is 6.04 Å². The summed E-state index contributed by atoms with van der Waals surface area (Å²) in [6.45, 7) is 6.53. The van der Waals surface area contributed by atoms with Crippen LogP contribution in [0.2, 0.25) is 0 Å². The number of aryl methyl sites for hydroxylation is 2. The second-order valence-corrected chi connectivity index (χ2v) is 4.71. The van der Waals surface area contributed by atoms with Crippen LogP contribution in [0.1, 0.15) is 35.8 Å². The van der Waals surface area contributed by atoms with Crippen LogP contribution in [0.4, 0.5) is 0 Å². The first-order valence-corrected chi connectivity index (χ1v) is 6.15. The molecule has 0 aromatic carbocycles. The van der Waals surface area contributed by atoms with Crippen molar-refractivity contribution in [2.45, 2.75) is 33.2 Å². The van der Waals surface area contributed by atoms with Gasteiger partial charge in [-0.25, -0.2) is 4.98 Å². The SMILES string of the molecule is CCC(c1nccs1)n1c(C)ccc1C. The molecule has 0 fully saturated rings. The standard InChI is InChI=1S/C12H16N2S/c1-4-11(12-13-7-8-15-12)14-9(2)5-6-10(14)3/h5-8,11H,4H2,1-3H3. The minimum absolute atomic E-state index is 0.403. The smallest absolute Gasteiger partial charge is 0.115 e. The molecule has 1 atom stereocenters. The van der Waals surface area contributed by atoms with Crippen LogP contribution in [0.5, 0.6) is 0 Å². The van der Waals surface area contributed by atoms with E-state index in [1.54, 1.807) is 11.3 Å². The van der Waals surface area contributed by atoms with E-state index in [0.29, 0.717) is 6.04 Å². The second-order valence-electron chi connectivity index (χ2n) is 3.78. The molecule has 80 valence electrons. The Bertz CT molecular complexity index is 409. The van der Waals surface area contributed by atoms with Gasteiger partial charge >= 0.3 is 0 Å². The molecule has 1 unspecified atom stereocenters. The highest BCUT2D eigenvalue weighted by Crippen LogP contribution is 2.27. The van der Waals surface area contributed by atoms with E-state index in [4.69, 9.17) is 0 Å². The molecule has 3 heteroatoms. The molecule has 0 aliphatic rings. The van der Waals surface area contributed by atoms with Crippen LogP contribution in [-0.2, 0) is 0 Å². The number of hydrogen-bond donors (Lipinski definition) is 0. The maximum atomic E-state index is 4.42. The summed E-state index contributed by atoms with van der Waals surface area (Å²) in [7, 11) is 0. The molecule has 2 nitrogen and oxygen atoms in total. The van der Waals surface area contributed by atoms with E-state index in [1.807, 2.05) is 11.6 Å². The molecule has 2 aromatic heterocycles. The third kappa shape index (κ3) is 1.84. The number of hydrogen-bond acceptors (Lipinski definition) is 2. The third-order valence-electron chi connectivity index (χ3n) is 2.76. The van der Waals surface area contributed by atoms with Crippen molar-refractivity contribution in [3.63, 3.8) is 0 Å². The molecule has 0 aliphatic carbocycles. The number of nitrogens with zero attached hydrogens (tertiary/aromatic N) is 2. The quantitative estimate of drug-likeness (QED) is 0.773. The molecule has 2 heterocycles. The zero-order valence-electron chi connectivity index (χ0n) is 9.40. The maximum absolute atomic E-state index is 4.42. The summed E-state index contributed by atoms with van der Waals surface area (Å²) in [6, 6.07) is 4.75. The van der Waals surface area contributed by atoms with Gasteiger partial charge in [-0.1, -0.05) is 6.92 Å². The number of thiazole rings is 1. The second kappa shape index (κ2) is 4.19. The lowest BCUT2D eigenvalue weighted by molar-refractivity contribution is 0.543. The molecule has 2 aromatic rings. The average molecular weight is 220 g/mol. The highest BCUT2D eigenvalue weighted by atomic mass is 32.1. The Hall–Kier alpha value is -1.09. The number of aromatic nitrogens is 2. The van der Waals surface area contributed by atoms with E-state index in [9.17, 15) is 0 Å². The summed E-state index contributed by atoms with van der Waals surface area (Å²) < 4.78 is 2.37. The Morgan fingerprint density at radius 2 is 2.00 bits per heavy atom. The molecule has 15 heavy (non-hydrogen) atoms. The van der Waals surface area contributed by atoms with Crippen LogP contribution < -0.4 is 0 Å². The third-order valence-corrected chi connectivity index (χ3v) is 3.64. The topological polar surface area (TPSA) is 17.8 Å². The van der Waals surface area contributed by atoms with Crippen molar-refractivity contribution in [3.8, 4) is 0 Å². The molecule has 0 amide bonds. The van der Waals surface area contributed by atoms with Crippen LogP contribution in [0.15, 0.2) is 23.7 Å². The lowest BCUT2D eigenvalue weighted by Gasteiger charge is -2.19. The molecular weight excluding hydrogens is 204 g/mol. The molecule has 0 saturated carbocycles. The normalized spacial score (nSPS) is 13.0. The molecule has 0 bridgehead atoms. The van der Waals surface area contributed by atoms with Gasteiger partial charge in [-0.3, -0.25) is 0 Å². The minimum Gasteiger partial charge on any atom is -0.339 e. The van der Waals surface area contributed by atoms with Crippen LogP contribution in [-0.4, -0.2) is 9.55 Å². The predicted molar refractivity (Wildman–Crippen MR) is 64.5 cm³/mol. The zero-order valence-corrected chi connectivity index (χ0v) is 10.2. The monoisotopic (exact) mass is 220 g/mol. The average Bonchev–Trinajstić information content (AvgIpc) is 2.83. The lowest BCUT2D eigenvalue weighted by atomic mass is 10.2. The summed E-state index contributed by atoms with van der Waals surface area (Å²) in [5.74, 6) is 0. The van der Waals surface area contributed by atoms with Crippen molar-refractivity contribution < 1.29 is 0 Å². The van der Waals surface area contributed by atoms with Crippen molar-refractivity contribution >= 4 is 11.3 Å². The molecule has 0 aliphatic heterocycles. The summed E-state index contributed by atoms with van der Waals surface area (Å²) in [6.07, 6.45) is 2.97. The Balaban J connectivity index is 2.44. The Kier molecular flexibility index (Phi) is 2.91. The lowest BCUT2D eigenvalue weighted by Crippen LogP contribution is -2.12. The summed E-state index contributed by atoms with van der Waals surface area (Å²) in [5, 5.41) is 3.26. The summed E-state index contributed by atoms with van der Waals surface area (Å²) in [4.78, 5) is 4.42. The van der Waals surface area contributed by atoms with Gasteiger partial charge < -0.3 is 4.57 Å². The molecule has 0 radical (unpaired) electrons. The first kappa shape index (κ1) is 10.4. The van der Waals surface area contributed by atoms with Crippen molar-refractivity contribution in [1.82, 2.24) is 9.55 Å². The molecule has 0 saturated heterocycles. The van der Waals surface area contributed by atoms with E-state index < -0.39 is 0 Å². The van der Waals surface area contributed by atoms with Crippen LogP contribution in [0.3, 0.4) is 0 Å². The molecule has 2 rings (SSSR count). The van der Waals surface area contributed by atoms with E-state index in [1.165, 1.54) is 16.4 Å². The van der Waals surface area contributed by atoms with E-state index in [2.05, 4.69) is 42.5 Å². The van der Waals surface area contributed by atoms with Crippen LogP contribution >= 0.6 is 11.3 Å². The fraction of sp³-hybridized carbons (Fsp3) is 0.417. The van der Waals surface area contributed by atoms with E-state index >= 15 is 0 Å². The summed E-state index contributed by atoms with van der Waals surface area (Å²) in [5.41, 5.74) is 2.63. The largest absolute Gasteiger partial charge is 0.339 e. The highest BCUT2D eigenvalue weighted by Gasteiger charge is 2.16. The van der Waals surface area contributed by atoms with Gasteiger partial charge in [0.2, 0.25) is 0 Å². The molecular formula is C12H16N2S. The summed E-state index contributed by atoms with van der Waals surface area (Å²) >= 11 is 1.74. The van der Waals surface area contributed by atoms with Crippen molar-refractivity contribution in [2.24, 2.45) is 0 Å². The molecule has 0 N–H and O–H groups in total. The van der Waals surface area contributed by atoms with Gasteiger partial charge in [-0.05, 0) is 32.4 Å². The fourth-order valence-corrected chi connectivity index (χ4v) is 2.85. The van der Waals surface area contributed by atoms with Gasteiger partial charge in [0, 0.05) is 23.0 Å². The van der Waals surface area contributed by atoms with E-state index in [0.717, 1.165) is 6.42 Å². The van der Waals surface area contributed by atoms with Crippen molar-refractivity contribution in [3.05, 3.63) is 40.1 Å². The molecule has 0 spiro atoms. The Morgan fingerprint density at radius 3 is 2.47 bits per heavy atom. The fourth-order valence-electron chi connectivity index (χ4n) is 2.04. The van der Waals surface area contributed by atoms with Gasteiger partial charge in [-0.2, -0.15) is 0 Å². The first-order valence-electron chi connectivity index (χ1n) is 5.28. The van der Waals surface area contributed by atoms with Crippen molar-refractivity contribution in [1.29, 1.82) is 0 Å².